The van der Waals surface area contributed by atoms with Gasteiger partial charge in [-0.2, -0.15) is 0 Å². The van der Waals surface area contributed by atoms with Crippen LogP contribution in [0.15, 0.2) is 48.5 Å². The number of nitrogen functional groups attached to an aromatic ring is 1. The molecular weight excluding hydrogens is 302 g/mol. The molecule has 22 heavy (non-hydrogen) atoms. The molecule has 1 amide bonds. The Labute approximate surface area is 135 Å². The molecule has 0 aromatic heterocycles. The van der Waals surface area contributed by atoms with Gasteiger partial charge in [-0.1, -0.05) is 12.1 Å². The van der Waals surface area contributed by atoms with Gasteiger partial charge in [0.1, 0.15) is 11.9 Å². The highest BCUT2D eigenvalue weighted by Gasteiger charge is 2.18. The average molecular weight is 320 g/mol. The number of hydrogen-bond donors (Lipinski definition) is 3. The Morgan fingerprint density at radius 2 is 1.82 bits per heavy atom. The summed E-state index contributed by atoms with van der Waals surface area (Å²) in [6.07, 6.45) is 0.230. The molecule has 0 bridgehead atoms. The Kier molecular flexibility index (Phi) is 5.25. The van der Waals surface area contributed by atoms with Crippen LogP contribution in [-0.4, -0.2) is 25.1 Å². The van der Waals surface area contributed by atoms with Gasteiger partial charge in [0.05, 0.1) is 11.4 Å². The number of rotatable bonds is 4. The molecule has 3 rings (SSSR count). The fraction of sp³-hybridized carbons (Fsp3) is 0.188. The largest absolute Gasteiger partial charge is 0.488 e. The molecule has 0 unspecified atom stereocenters. The molecule has 116 valence electrons. The molecule has 1 fully saturated rings. The predicted octanol–water partition coefficient (Wildman–Crippen LogP) is 2.29. The second-order valence-electron chi connectivity index (χ2n) is 4.96. The monoisotopic (exact) mass is 319 g/mol. The van der Waals surface area contributed by atoms with Crippen molar-refractivity contribution in [2.24, 2.45) is 0 Å². The molecule has 2 aromatic rings. The summed E-state index contributed by atoms with van der Waals surface area (Å²) < 4.78 is 5.71. The Balaban J connectivity index is 0.00000176. The number of ether oxygens (including phenoxy) is 1. The summed E-state index contributed by atoms with van der Waals surface area (Å²) in [5.74, 6) is 0.585. The van der Waals surface area contributed by atoms with Crippen molar-refractivity contribution < 1.29 is 9.53 Å². The second kappa shape index (κ2) is 7.15. The number of para-hydroxylation sites is 2. The van der Waals surface area contributed by atoms with Gasteiger partial charge in [-0.25, -0.2) is 0 Å². The van der Waals surface area contributed by atoms with E-state index in [1.165, 1.54) is 0 Å². The minimum absolute atomic E-state index is 0. The first-order valence-electron chi connectivity index (χ1n) is 6.85. The van der Waals surface area contributed by atoms with E-state index in [0.717, 1.165) is 18.8 Å². The van der Waals surface area contributed by atoms with Crippen molar-refractivity contribution in [2.45, 2.75) is 6.10 Å². The van der Waals surface area contributed by atoms with Crippen LogP contribution in [0.5, 0.6) is 5.75 Å². The fourth-order valence-corrected chi connectivity index (χ4v) is 2.03. The number of hydrogen-bond acceptors (Lipinski definition) is 4. The topological polar surface area (TPSA) is 76.4 Å². The number of benzene rings is 2. The molecule has 0 radical (unpaired) electrons. The molecule has 5 nitrogen and oxygen atoms in total. The Morgan fingerprint density at radius 3 is 2.41 bits per heavy atom. The standard InChI is InChI=1S/C16H17N3O2.ClH/c17-14-3-1-2-4-15(14)19-16(20)11-5-7-12(8-6-11)21-13-9-18-10-13;/h1-8,13,18H,9-10,17H2,(H,19,20);1H. The summed E-state index contributed by atoms with van der Waals surface area (Å²) >= 11 is 0. The first kappa shape index (κ1) is 16.1. The van der Waals surface area contributed by atoms with E-state index < -0.39 is 0 Å². The molecule has 0 aliphatic carbocycles. The molecule has 6 heteroatoms. The number of carbonyl (C=O) groups is 1. The van der Waals surface area contributed by atoms with E-state index in [9.17, 15) is 4.79 Å². The average Bonchev–Trinajstić information content (AvgIpc) is 2.46. The summed E-state index contributed by atoms with van der Waals surface area (Å²) in [6, 6.07) is 14.3. The zero-order valence-electron chi connectivity index (χ0n) is 11.9. The number of nitrogens with two attached hydrogens (primary N) is 1. The first-order valence-corrected chi connectivity index (χ1v) is 6.85. The third-order valence-electron chi connectivity index (χ3n) is 3.37. The highest BCUT2D eigenvalue weighted by atomic mass is 35.5. The number of anilines is 2. The maximum Gasteiger partial charge on any atom is 0.255 e. The maximum absolute atomic E-state index is 12.1. The molecule has 1 heterocycles. The summed E-state index contributed by atoms with van der Waals surface area (Å²) in [4.78, 5) is 12.1. The van der Waals surface area contributed by atoms with Crippen LogP contribution >= 0.6 is 12.4 Å². The first-order chi connectivity index (χ1) is 10.2. The van der Waals surface area contributed by atoms with Crippen molar-refractivity contribution in [1.82, 2.24) is 5.32 Å². The van der Waals surface area contributed by atoms with Crippen LogP contribution < -0.4 is 21.1 Å². The van der Waals surface area contributed by atoms with E-state index in [4.69, 9.17) is 10.5 Å². The van der Waals surface area contributed by atoms with Crippen molar-refractivity contribution in [3.8, 4) is 5.75 Å². The van der Waals surface area contributed by atoms with Crippen molar-refractivity contribution in [3.05, 3.63) is 54.1 Å². The van der Waals surface area contributed by atoms with Crippen molar-refractivity contribution in [1.29, 1.82) is 0 Å². The molecular formula is C16H18ClN3O2. The lowest BCUT2D eigenvalue weighted by Crippen LogP contribution is -2.50. The van der Waals surface area contributed by atoms with Crippen LogP contribution in [0.1, 0.15) is 10.4 Å². The lowest BCUT2D eigenvalue weighted by atomic mass is 10.2. The van der Waals surface area contributed by atoms with E-state index in [1.807, 2.05) is 24.3 Å². The molecule has 2 aromatic carbocycles. The highest BCUT2D eigenvalue weighted by Crippen LogP contribution is 2.19. The lowest BCUT2D eigenvalue weighted by molar-refractivity contribution is 0.102. The number of amides is 1. The van der Waals surface area contributed by atoms with E-state index in [1.54, 1.807) is 24.3 Å². The minimum Gasteiger partial charge on any atom is -0.488 e. The van der Waals surface area contributed by atoms with Gasteiger partial charge < -0.3 is 21.1 Å². The Hall–Kier alpha value is -2.24. The van der Waals surface area contributed by atoms with Gasteiger partial charge in [-0.05, 0) is 36.4 Å². The van der Waals surface area contributed by atoms with Crippen LogP contribution in [0.25, 0.3) is 0 Å². The normalized spacial score (nSPS) is 13.6. The zero-order chi connectivity index (χ0) is 14.7. The van der Waals surface area contributed by atoms with Gasteiger partial charge in [-0.15, -0.1) is 12.4 Å². The molecule has 0 atom stereocenters. The fourth-order valence-electron chi connectivity index (χ4n) is 2.03. The summed E-state index contributed by atoms with van der Waals surface area (Å²) in [7, 11) is 0. The zero-order valence-corrected chi connectivity index (χ0v) is 12.7. The van der Waals surface area contributed by atoms with E-state index >= 15 is 0 Å². The summed E-state index contributed by atoms with van der Waals surface area (Å²) in [5, 5.41) is 5.94. The van der Waals surface area contributed by atoms with Crippen molar-refractivity contribution >= 4 is 29.7 Å². The highest BCUT2D eigenvalue weighted by molar-refractivity contribution is 6.05. The van der Waals surface area contributed by atoms with Gasteiger partial charge in [0.25, 0.3) is 5.91 Å². The summed E-state index contributed by atoms with van der Waals surface area (Å²) in [6.45, 7) is 1.74. The van der Waals surface area contributed by atoms with Crippen molar-refractivity contribution in [3.63, 3.8) is 0 Å². The number of nitrogens with one attached hydrogen (secondary N) is 2. The van der Waals surface area contributed by atoms with Crippen LogP contribution in [0.4, 0.5) is 11.4 Å². The molecule has 4 N–H and O–H groups in total. The SMILES string of the molecule is Cl.Nc1ccccc1NC(=O)c1ccc(OC2CNC2)cc1. The molecule has 1 aliphatic heterocycles. The Morgan fingerprint density at radius 1 is 1.14 bits per heavy atom. The number of halogens is 1. The van der Waals surface area contributed by atoms with Crippen LogP contribution in [0.3, 0.4) is 0 Å². The van der Waals surface area contributed by atoms with Gasteiger partial charge in [0.2, 0.25) is 0 Å². The predicted molar refractivity (Wildman–Crippen MR) is 89.8 cm³/mol. The Bertz CT molecular complexity index is 642. The molecule has 1 aliphatic rings. The van der Waals surface area contributed by atoms with Gasteiger partial charge in [0.15, 0.2) is 0 Å². The van der Waals surface area contributed by atoms with Gasteiger partial charge in [-0.3, -0.25) is 4.79 Å². The van der Waals surface area contributed by atoms with E-state index in [-0.39, 0.29) is 24.4 Å². The lowest BCUT2D eigenvalue weighted by Gasteiger charge is -2.27. The van der Waals surface area contributed by atoms with Gasteiger partial charge in [0, 0.05) is 18.7 Å². The van der Waals surface area contributed by atoms with E-state index in [2.05, 4.69) is 10.6 Å². The third kappa shape index (κ3) is 3.69. The molecule has 0 spiro atoms. The van der Waals surface area contributed by atoms with Crippen LogP contribution in [0, 0.1) is 0 Å². The van der Waals surface area contributed by atoms with Crippen LogP contribution in [0.2, 0.25) is 0 Å². The van der Waals surface area contributed by atoms with E-state index in [0.29, 0.717) is 16.9 Å². The summed E-state index contributed by atoms with van der Waals surface area (Å²) in [5.41, 5.74) is 7.53. The maximum atomic E-state index is 12.1. The molecule has 1 saturated heterocycles. The van der Waals surface area contributed by atoms with Crippen LogP contribution in [-0.2, 0) is 0 Å². The van der Waals surface area contributed by atoms with Crippen molar-refractivity contribution in [2.75, 3.05) is 24.1 Å². The second-order valence-corrected chi connectivity index (χ2v) is 4.96. The minimum atomic E-state index is -0.190. The quantitative estimate of drug-likeness (QED) is 0.756. The third-order valence-corrected chi connectivity index (χ3v) is 3.37. The molecule has 0 saturated carbocycles. The van der Waals surface area contributed by atoms with Gasteiger partial charge >= 0.3 is 0 Å². The number of carbonyl (C=O) groups excluding carboxylic acids is 1. The smallest absolute Gasteiger partial charge is 0.255 e.